The molecule has 1 saturated heterocycles. The van der Waals surface area contributed by atoms with Crippen molar-refractivity contribution >= 4 is 11.9 Å². The van der Waals surface area contributed by atoms with Crippen LogP contribution in [0.3, 0.4) is 0 Å². The highest BCUT2D eigenvalue weighted by Gasteiger charge is 2.32. The first kappa shape index (κ1) is 13.5. The zero-order valence-electron chi connectivity index (χ0n) is 11.3. The van der Waals surface area contributed by atoms with E-state index >= 15 is 0 Å². The smallest absolute Gasteiger partial charge is 0.310 e. The van der Waals surface area contributed by atoms with Crippen molar-refractivity contribution in [3.05, 3.63) is 23.0 Å². The van der Waals surface area contributed by atoms with Gasteiger partial charge in [-0.05, 0) is 26.3 Å². The molecule has 0 saturated carbocycles. The molecule has 1 amide bonds. The third-order valence-corrected chi connectivity index (χ3v) is 3.34. The van der Waals surface area contributed by atoms with Crippen LogP contribution in [-0.4, -0.2) is 47.2 Å². The van der Waals surface area contributed by atoms with Gasteiger partial charge in [0, 0.05) is 13.1 Å². The maximum Gasteiger partial charge on any atom is 0.310 e. The second-order valence-corrected chi connectivity index (χ2v) is 4.74. The molecule has 1 atom stereocenters. The fraction of sp³-hybridized carbons (Fsp3) is 0.538. The number of rotatable bonds is 2. The average Bonchev–Trinajstić information content (AvgIpc) is 2.89. The number of aromatic nitrogens is 2. The number of esters is 1. The quantitative estimate of drug-likeness (QED) is 0.735. The van der Waals surface area contributed by atoms with Crippen molar-refractivity contribution in [1.82, 2.24) is 15.1 Å². The van der Waals surface area contributed by atoms with Gasteiger partial charge in [0.15, 0.2) is 0 Å². The topological polar surface area (TPSA) is 72.4 Å². The minimum Gasteiger partial charge on any atom is -0.469 e. The number of hydrogen-bond donors (Lipinski definition) is 0. The van der Waals surface area contributed by atoms with Gasteiger partial charge in [0.1, 0.15) is 0 Å². The van der Waals surface area contributed by atoms with Gasteiger partial charge >= 0.3 is 5.97 Å². The molecular weight excluding hydrogens is 246 g/mol. The minimum absolute atomic E-state index is 0.0955. The van der Waals surface area contributed by atoms with Gasteiger partial charge < -0.3 is 9.64 Å². The van der Waals surface area contributed by atoms with Crippen LogP contribution < -0.4 is 0 Å². The van der Waals surface area contributed by atoms with Crippen molar-refractivity contribution in [1.29, 1.82) is 0 Å². The molecule has 19 heavy (non-hydrogen) atoms. The Morgan fingerprint density at radius 2 is 2.11 bits per heavy atom. The van der Waals surface area contributed by atoms with E-state index in [2.05, 4.69) is 10.2 Å². The van der Waals surface area contributed by atoms with Gasteiger partial charge in [-0.25, -0.2) is 0 Å². The van der Waals surface area contributed by atoms with E-state index in [-0.39, 0.29) is 17.8 Å². The van der Waals surface area contributed by atoms with Crippen molar-refractivity contribution < 1.29 is 14.3 Å². The second kappa shape index (κ2) is 5.34. The van der Waals surface area contributed by atoms with Gasteiger partial charge in [0.05, 0.1) is 30.0 Å². The fourth-order valence-electron chi connectivity index (χ4n) is 2.24. The Balaban J connectivity index is 2.13. The summed E-state index contributed by atoms with van der Waals surface area (Å²) in [6, 6.07) is 1.73. The normalized spacial score (nSPS) is 18.5. The summed E-state index contributed by atoms with van der Waals surface area (Å²) in [5.74, 6) is -0.567. The molecular formula is C13H17N3O3. The van der Waals surface area contributed by atoms with Crippen LogP contribution in [0.25, 0.3) is 0 Å². The van der Waals surface area contributed by atoms with Crippen LogP contribution >= 0.6 is 0 Å². The lowest BCUT2D eigenvalue weighted by atomic mass is 10.1. The summed E-state index contributed by atoms with van der Waals surface area (Å²) in [5, 5.41) is 7.86. The van der Waals surface area contributed by atoms with E-state index in [0.717, 1.165) is 0 Å². The minimum atomic E-state index is -0.254. The molecule has 1 aliphatic heterocycles. The lowest BCUT2D eigenvalue weighted by Crippen LogP contribution is -2.31. The molecule has 2 heterocycles. The summed E-state index contributed by atoms with van der Waals surface area (Å²) in [5.41, 5.74) is 1.87. The molecule has 6 heteroatoms. The molecule has 0 bridgehead atoms. The predicted octanol–water partition coefficient (Wildman–Crippen LogP) is 0.729. The highest BCUT2D eigenvalue weighted by Crippen LogP contribution is 2.20. The van der Waals surface area contributed by atoms with Crippen molar-refractivity contribution in [2.75, 3.05) is 20.2 Å². The number of amides is 1. The van der Waals surface area contributed by atoms with Gasteiger partial charge in [-0.2, -0.15) is 10.2 Å². The highest BCUT2D eigenvalue weighted by atomic mass is 16.5. The van der Waals surface area contributed by atoms with E-state index in [4.69, 9.17) is 4.74 Å². The van der Waals surface area contributed by atoms with Crippen LogP contribution in [0.1, 0.15) is 28.2 Å². The van der Waals surface area contributed by atoms with Gasteiger partial charge in [-0.15, -0.1) is 0 Å². The lowest BCUT2D eigenvalue weighted by molar-refractivity contribution is -0.144. The molecule has 2 rings (SSSR count). The maximum absolute atomic E-state index is 12.4. The van der Waals surface area contributed by atoms with E-state index in [0.29, 0.717) is 36.5 Å². The van der Waals surface area contributed by atoms with Crippen molar-refractivity contribution in [3.8, 4) is 0 Å². The molecule has 0 aromatic carbocycles. The van der Waals surface area contributed by atoms with Crippen molar-refractivity contribution in [2.45, 2.75) is 20.3 Å². The summed E-state index contributed by atoms with van der Waals surface area (Å²) in [4.78, 5) is 25.5. The van der Waals surface area contributed by atoms with E-state index in [1.54, 1.807) is 24.8 Å². The van der Waals surface area contributed by atoms with Gasteiger partial charge in [0.25, 0.3) is 5.91 Å². The molecule has 0 spiro atoms. The van der Waals surface area contributed by atoms with E-state index < -0.39 is 0 Å². The Morgan fingerprint density at radius 1 is 1.37 bits per heavy atom. The molecule has 102 valence electrons. The van der Waals surface area contributed by atoms with E-state index in [1.807, 2.05) is 0 Å². The van der Waals surface area contributed by atoms with Gasteiger partial charge in [0.2, 0.25) is 0 Å². The largest absolute Gasteiger partial charge is 0.469 e. The Bertz CT molecular complexity index is 516. The highest BCUT2D eigenvalue weighted by molar-refractivity contribution is 5.95. The number of carbonyl (C=O) groups excluding carboxylic acids is 2. The summed E-state index contributed by atoms with van der Waals surface area (Å²) in [6.07, 6.45) is 0.648. The van der Waals surface area contributed by atoms with Crippen LogP contribution in [0.4, 0.5) is 0 Å². The van der Waals surface area contributed by atoms with E-state index in [1.165, 1.54) is 7.11 Å². The summed E-state index contributed by atoms with van der Waals surface area (Å²) in [6.45, 7) is 4.53. The zero-order valence-corrected chi connectivity index (χ0v) is 11.3. The van der Waals surface area contributed by atoms with E-state index in [9.17, 15) is 9.59 Å². The first-order valence-corrected chi connectivity index (χ1v) is 6.21. The van der Waals surface area contributed by atoms with Crippen LogP contribution in [0.2, 0.25) is 0 Å². The number of ether oxygens (including phenoxy) is 1. The SMILES string of the molecule is COC(=O)C1CCN(C(=O)c2cc(C)nnc2C)C1. The first-order valence-electron chi connectivity index (χ1n) is 6.21. The van der Waals surface area contributed by atoms with Crippen LogP contribution in [0.15, 0.2) is 6.07 Å². The fourth-order valence-corrected chi connectivity index (χ4v) is 2.24. The summed E-state index contributed by atoms with van der Waals surface area (Å²) < 4.78 is 4.71. The summed E-state index contributed by atoms with van der Waals surface area (Å²) >= 11 is 0. The van der Waals surface area contributed by atoms with Gasteiger partial charge in [-0.3, -0.25) is 9.59 Å². The van der Waals surface area contributed by atoms with Crippen LogP contribution in [0.5, 0.6) is 0 Å². The Hall–Kier alpha value is -1.98. The molecule has 0 aliphatic carbocycles. The Morgan fingerprint density at radius 3 is 2.79 bits per heavy atom. The van der Waals surface area contributed by atoms with Crippen LogP contribution in [-0.2, 0) is 9.53 Å². The summed E-state index contributed by atoms with van der Waals surface area (Å²) in [7, 11) is 1.37. The number of hydrogen-bond acceptors (Lipinski definition) is 5. The molecule has 1 fully saturated rings. The average molecular weight is 263 g/mol. The molecule has 6 nitrogen and oxygen atoms in total. The zero-order chi connectivity index (χ0) is 14.0. The number of nitrogens with zero attached hydrogens (tertiary/aromatic N) is 3. The third kappa shape index (κ3) is 2.72. The maximum atomic E-state index is 12.4. The number of methoxy groups -OCH3 is 1. The molecule has 1 aromatic rings. The predicted molar refractivity (Wildman–Crippen MR) is 67.5 cm³/mol. The van der Waals surface area contributed by atoms with Crippen LogP contribution in [0, 0.1) is 19.8 Å². The Kier molecular flexibility index (Phi) is 3.78. The molecule has 0 N–H and O–H groups in total. The monoisotopic (exact) mass is 263 g/mol. The second-order valence-electron chi connectivity index (χ2n) is 4.74. The number of aryl methyl sites for hydroxylation is 2. The first-order chi connectivity index (χ1) is 9.02. The number of likely N-dealkylation sites (tertiary alicyclic amines) is 1. The molecule has 1 aliphatic rings. The lowest BCUT2D eigenvalue weighted by Gasteiger charge is -2.17. The molecule has 1 unspecified atom stereocenters. The number of carbonyl (C=O) groups is 2. The van der Waals surface area contributed by atoms with Crippen molar-refractivity contribution in [2.24, 2.45) is 5.92 Å². The van der Waals surface area contributed by atoms with Gasteiger partial charge in [-0.1, -0.05) is 0 Å². The standard InChI is InChI=1S/C13H17N3O3/c1-8-6-11(9(2)15-14-8)12(17)16-5-4-10(7-16)13(18)19-3/h6,10H,4-5,7H2,1-3H3. The van der Waals surface area contributed by atoms with Crippen molar-refractivity contribution in [3.63, 3.8) is 0 Å². The third-order valence-electron chi connectivity index (χ3n) is 3.34. The molecule has 0 radical (unpaired) electrons. The molecule has 1 aromatic heterocycles. The Labute approximate surface area is 111 Å².